The number of ether oxygens (including phenoxy) is 2. The van der Waals surface area contributed by atoms with Crippen molar-refractivity contribution in [2.45, 2.75) is 80.3 Å². The molecule has 0 spiro atoms. The second-order valence-corrected chi connectivity index (χ2v) is 10.8. The first-order valence-corrected chi connectivity index (χ1v) is 13.1. The van der Waals surface area contributed by atoms with E-state index in [2.05, 4.69) is 32.5 Å². The van der Waals surface area contributed by atoms with Crippen LogP contribution in [0.3, 0.4) is 0 Å². The Balaban J connectivity index is 1.52. The molecule has 2 aliphatic rings. The van der Waals surface area contributed by atoms with E-state index in [4.69, 9.17) is 9.47 Å². The topological polar surface area (TPSA) is 124 Å². The first-order chi connectivity index (χ1) is 18.0. The van der Waals surface area contributed by atoms with Crippen molar-refractivity contribution < 1.29 is 32.5 Å². The molecule has 0 amide bonds. The molecule has 2 N–H and O–H groups in total. The van der Waals surface area contributed by atoms with Gasteiger partial charge in [0.1, 0.15) is 12.2 Å². The normalized spacial score (nSPS) is 24.6. The van der Waals surface area contributed by atoms with Gasteiger partial charge in [0.25, 0.3) is 0 Å². The van der Waals surface area contributed by atoms with Crippen LogP contribution in [0.25, 0.3) is 11.2 Å². The number of hydrogen-bond donors (Lipinski definition) is 2. The van der Waals surface area contributed by atoms with E-state index < -0.39 is 47.7 Å². The van der Waals surface area contributed by atoms with Crippen LogP contribution < -0.4 is 5.32 Å². The molecule has 0 unspecified atom stereocenters. The number of alkyl halides is 3. The number of carboxylic acid groups (broad SMARTS) is 1. The summed E-state index contributed by atoms with van der Waals surface area (Å²) in [4.78, 5) is 21.7. The number of fused-ring (bicyclic) bond motifs is 2. The summed E-state index contributed by atoms with van der Waals surface area (Å²) in [5.41, 5.74) is 0.0378. The van der Waals surface area contributed by atoms with E-state index in [1.54, 1.807) is 18.5 Å². The number of rotatable bonds is 8. The number of nitrogens with one attached hydrogen (secondary N) is 1. The van der Waals surface area contributed by atoms with E-state index in [9.17, 15) is 23.1 Å². The Morgan fingerprint density at radius 3 is 2.58 bits per heavy atom. The van der Waals surface area contributed by atoms with Crippen molar-refractivity contribution >= 4 is 34.7 Å². The highest BCUT2D eigenvalue weighted by Crippen LogP contribution is 2.47. The average molecular weight is 553 g/mol. The van der Waals surface area contributed by atoms with Gasteiger partial charge in [-0.25, -0.2) is 14.6 Å². The molecular formula is C24H27F3N6O4S. The Hall–Kier alpha value is -2.97. The molecule has 2 fully saturated rings. The van der Waals surface area contributed by atoms with E-state index in [1.165, 1.54) is 12.1 Å². The number of carboxylic acids is 1. The lowest BCUT2D eigenvalue weighted by molar-refractivity contribution is -0.168. The van der Waals surface area contributed by atoms with Crippen LogP contribution in [0.1, 0.15) is 51.6 Å². The van der Waals surface area contributed by atoms with Crippen LogP contribution in [0.2, 0.25) is 0 Å². The maximum Gasteiger partial charge on any atom is 0.416 e. The molecule has 1 aliphatic carbocycles. The third kappa shape index (κ3) is 5.16. The zero-order chi connectivity index (χ0) is 27.2. The summed E-state index contributed by atoms with van der Waals surface area (Å²) in [7, 11) is 0. The summed E-state index contributed by atoms with van der Waals surface area (Å²) in [6, 6.07) is 4.25. The van der Waals surface area contributed by atoms with Gasteiger partial charge in [0.2, 0.25) is 0 Å². The summed E-state index contributed by atoms with van der Waals surface area (Å²) in [5, 5.41) is 22.0. The summed E-state index contributed by atoms with van der Waals surface area (Å²) in [5.74, 6) is -2.29. The van der Waals surface area contributed by atoms with Crippen molar-refractivity contribution in [3.8, 4) is 0 Å². The number of unbranched alkanes of at least 4 members (excludes halogenated alkanes) is 1. The Kier molecular flexibility index (Phi) is 6.99. The van der Waals surface area contributed by atoms with Gasteiger partial charge in [0, 0.05) is 11.4 Å². The van der Waals surface area contributed by atoms with Crippen molar-refractivity contribution in [1.29, 1.82) is 0 Å². The monoisotopic (exact) mass is 552 g/mol. The second kappa shape index (κ2) is 9.97. The van der Waals surface area contributed by atoms with Gasteiger partial charge in [0.05, 0.1) is 17.5 Å². The third-order valence-corrected chi connectivity index (χ3v) is 7.46. The van der Waals surface area contributed by atoms with Crippen LogP contribution in [0, 0.1) is 5.92 Å². The maximum atomic E-state index is 13.0. The molecule has 38 heavy (non-hydrogen) atoms. The quantitative estimate of drug-likeness (QED) is 0.298. The number of nitrogens with zero attached hydrogens (tertiary/aromatic N) is 5. The highest BCUT2D eigenvalue weighted by atomic mass is 32.2. The summed E-state index contributed by atoms with van der Waals surface area (Å²) in [6.45, 7) is 6.15. The predicted octanol–water partition coefficient (Wildman–Crippen LogP) is 4.77. The van der Waals surface area contributed by atoms with E-state index in [-0.39, 0.29) is 11.6 Å². The van der Waals surface area contributed by atoms with E-state index in [0.717, 1.165) is 36.7 Å². The number of benzene rings is 1. The SMILES string of the molecule is CCCCNc1nc(Sc2ccc(C(F)(F)F)cc2)nc2c1nnn2[C@@H]1C[C@H](C(=O)O)[C@H]2OC(C)(C)O[C@H]21. The average Bonchev–Trinajstić information content (AvgIpc) is 3.49. The minimum atomic E-state index is -4.43. The molecule has 1 saturated heterocycles. The molecule has 14 heteroatoms. The molecule has 1 saturated carbocycles. The summed E-state index contributed by atoms with van der Waals surface area (Å²) < 4.78 is 52.5. The Morgan fingerprint density at radius 1 is 1.21 bits per heavy atom. The number of aliphatic carboxylic acids is 1. The largest absolute Gasteiger partial charge is 0.481 e. The molecule has 10 nitrogen and oxygen atoms in total. The standard InChI is InChI=1S/C24H27F3N6O4S/c1-4-5-10-28-19-16-20(30-22(29-19)38-13-8-6-12(7-9-13)24(25,26)27)33(32-31-16)15-11-14(21(34)35)17-18(15)37-23(2,3)36-17/h6-9,14-15,17-18H,4-5,10-11H2,1-3H3,(H,34,35)(H,28,29,30)/t14-,15+,17+,18-/m0/s1. The Labute approximate surface area is 220 Å². The molecule has 5 rings (SSSR count). The Bertz CT molecular complexity index is 1330. The highest BCUT2D eigenvalue weighted by Gasteiger charge is 2.57. The molecule has 3 aromatic rings. The van der Waals surface area contributed by atoms with Gasteiger partial charge in [0.15, 0.2) is 27.9 Å². The van der Waals surface area contributed by atoms with Gasteiger partial charge in [-0.15, -0.1) is 5.10 Å². The third-order valence-electron chi connectivity index (χ3n) is 6.58. The van der Waals surface area contributed by atoms with E-state index in [0.29, 0.717) is 28.4 Å². The molecule has 1 aliphatic heterocycles. The number of halogens is 3. The van der Waals surface area contributed by atoms with Crippen molar-refractivity contribution in [2.75, 3.05) is 11.9 Å². The van der Waals surface area contributed by atoms with Crippen LogP contribution >= 0.6 is 11.8 Å². The molecule has 1 aromatic carbocycles. The van der Waals surface area contributed by atoms with Crippen molar-refractivity contribution in [1.82, 2.24) is 25.0 Å². The van der Waals surface area contributed by atoms with Gasteiger partial charge >= 0.3 is 12.1 Å². The fourth-order valence-corrected chi connectivity index (χ4v) is 5.59. The molecule has 0 radical (unpaired) electrons. The first kappa shape index (κ1) is 26.6. The molecule has 3 heterocycles. The molecule has 4 atom stereocenters. The lowest BCUT2D eigenvalue weighted by Gasteiger charge is -2.22. The lowest BCUT2D eigenvalue weighted by atomic mass is 10.1. The van der Waals surface area contributed by atoms with Crippen molar-refractivity contribution in [3.63, 3.8) is 0 Å². The number of aromatic nitrogens is 5. The smallest absolute Gasteiger partial charge is 0.416 e. The predicted molar refractivity (Wildman–Crippen MR) is 131 cm³/mol. The van der Waals surface area contributed by atoms with E-state index >= 15 is 0 Å². The van der Waals surface area contributed by atoms with Gasteiger partial charge < -0.3 is 19.9 Å². The summed E-state index contributed by atoms with van der Waals surface area (Å²) in [6.07, 6.45) is -3.61. The Morgan fingerprint density at radius 2 is 1.92 bits per heavy atom. The maximum absolute atomic E-state index is 13.0. The van der Waals surface area contributed by atoms with Gasteiger partial charge in [-0.3, -0.25) is 4.79 Å². The van der Waals surface area contributed by atoms with Crippen molar-refractivity contribution in [2.24, 2.45) is 5.92 Å². The van der Waals surface area contributed by atoms with Gasteiger partial charge in [-0.1, -0.05) is 18.6 Å². The summed E-state index contributed by atoms with van der Waals surface area (Å²) >= 11 is 1.11. The molecule has 0 bridgehead atoms. The molecular weight excluding hydrogens is 525 g/mol. The van der Waals surface area contributed by atoms with E-state index in [1.807, 2.05) is 0 Å². The first-order valence-electron chi connectivity index (χ1n) is 12.3. The van der Waals surface area contributed by atoms with Crippen LogP contribution in [0.5, 0.6) is 0 Å². The van der Waals surface area contributed by atoms with Crippen molar-refractivity contribution in [3.05, 3.63) is 29.8 Å². The zero-order valence-corrected chi connectivity index (χ0v) is 21.7. The number of hydrogen-bond acceptors (Lipinski definition) is 9. The fraction of sp³-hybridized carbons (Fsp3) is 0.542. The van der Waals surface area contributed by atoms with Gasteiger partial charge in [-0.2, -0.15) is 13.2 Å². The minimum Gasteiger partial charge on any atom is -0.481 e. The zero-order valence-electron chi connectivity index (χ0n) is 20.9. The molecule has 204 valence electrons. The lowest BCUT2D eigenvalue weighted by Crippen LogP contribution is -2.30. The number of carbonyl (C=O) groups is 1. The van der Waals surface area contributed by atoms with Crippen LogP contribution in [0.15, 0.2) is 34.3 Å². The molecule has 2 aromatic heterocycles. The number of anilines is 1. The van der Waals surface area contributed by atoms with Gasteiger partial charge in [-0.05, 0) is 62.7 Å². The fourth-order valence-electron chi connectivity index (χ4n) is 4.84. The minimum absolute atomic E-state index is 0.211. The second-order valence-electron chi connectivity index (χ2n) is 9.78. The van der Waals surface area contributed by atoms with Crippen LogP contribution in [0.4, 0.5) is 19.0 Å². The van der Waals surface area contributed by atoms with Crippen LogP contribution in [-0.4, -0.2) is 60.6 Å². The van der Waals surface area contributed by atoms with Crippen LogP contribution in [-0.2, 0) is 20.4 Å². The highest BCUT2D eigenvalue weighted by molar-refractivity contribution is 7.99.